The molecular formula is C28H32CaFN6O5P. The van der Waals surface area contributed by atoms with Gasteiger partial charge in [-0.3, -0.25) is 9.36 Å². The quantitative estimate of drug-likeness (QED) is 0.204. The minimum atomic E-state index is -5.37. The molecule has 5 rings (SSSR count). The predicted octanol–water partition coefficient (Wildman–Crippen LogP) is 2.50. The van der Waals surface area contributed by atoms with Crippen molar-refractivity contribution < 1.29 is 23.3 Å². The van der Waals surface area contributed by atoms with Crippen LogP contribution < -0.4 is 25.1 Å². The van der Waals surface area contributed by atoms with E-state index in [0.717, 1.165) is 27.1 Å². The molecule has 1 aliphatic rings. The fourth-order valence-corrected chi connectivity index (χ4v) is 5.96. The average Bonchev–Trinajstić information content (AvgIpc) is 3.30. The predicted molar refractivity (Wildman–Crippen MR) is 156 cm³/mol. The Morgan fingerprint density at radius 2 is 1.76 bits per heavy atom. The number of para-hydroxylation sites is 2. The molecule has 1 atom stereocenters. The molecule has 42 heavy (non-hydrogen) atoms. The van der Waals surface area contributed by atoms with E-state index in [4.69, 9.17) is 9.51 Å². The summed E-state index contributed by atoms with van der Waals surface area (Å²) in [5.41, 5.74) is 2.30. The number of hydrogen-bond acceptors (Lipinski definition) is 9. The monoisotopic (exact) mass is 622 g/mol. The van der Waals surface area contributed by atoms with Gasteiger partial charge in [0.2, 0.25) is 11.9 Å². The van der Waals surface area contributed by atoms with E-state index < -0.39 is 25.5 Å². The molecule has 0 radical (unpaired) electrons. The fourth-order valence-electron chi connectivity index (χ4n) is 5.36. The van der Waals surface area contributed by atoms with Crippen LogP contribution in [-0.4, -0.2) is 83.0 Å². The number of rotatable bonds is 9. The third kappa shape index (κ3) is 7.24. The van der Waals surface area contributed by atoms with Crippen molar-refractivity contribution >= 4 is 68.5 Å². The van der Waals surface area contributed by atoms with Crippen molar-refractivity contribution in [3.63, 3.8) is 0 Å². The summed E-state index contributed by atoms with van der Waals surface area (Å²) < 4.78 is 33.1. The van der Waals surface area contributed by atoms with Crippen LogP contribution in [0.4, 0.5) is 16.3 Å². The summed E-state index contributed by atoms with van der Waals surface area (Å²) in [6.07, 6.45) is 1.45. The molecule has 2 aromatic heterocycles. The van der Waals surface area contributed by atoms with Crippen LogP contribution in [0.3, 0.4) is 0 Å². The first-order valence-electron chi connectivity index (χ1n) is 13.5. The summed E-state index contributed by atoms with van der Waals surface area (Å²) in [6, 6.07) is 15.5. The number of imidazole rings is 1. The smallest absolute Gasteiger partial charge is 0.790 e. The zero-order chi connectivity index (χ0) is 29.3. The Balaban J connectivity index is 0.00000405. The van der Waals surface area contributed by atoms with Crippen LogP contribution in [0.25, 0.3) is 11.0 Å². The number of hydrogen-bond donors (Lipinski definition) is 0. The molecule has 3 heterocycles. The number of aromatic nitrogens is 4. The Kier molecular flexibility index (Phi) is 10.5. The van der Waals surface area contributed by atoms with Gasteiger partial charge < -0.3 is 33.2 Å². The molecule has 2 aromatic carbocycles. The zero-order valence-corrected chi connectivity index (χ0v) is 26.9. The largest absolute Gasteiger partial charge is 2.00 e. The molecule has 1 unspecified atom stereocenters. The summed E-state index contributed by atoms with van der Waals surface area (Å²) in [5.74, 6) is 0.277. The second-order valence-electron chi connectivity index (χ2n) is 10.6. The second kappa shape index (κ2) is 13.5. The molecule has 0 N–H and O–H groups in total. The van der Waals surface area contributed by atoms with E-state index in [1.807, 2.05) is 29.2 Å². The van der Waals surface area contributed by atoms with Crippen molar-refractivity contribution in [3.8, 4) is 0 Å². The van der Waals surface area contributed by atoms with Gasteiger partial charge in [0.1, 0.15) is 12.0 Å². The van der Waals surface area contributed by atoms with Gasteiger partial charge in [-0.2, -0.15) is 0 Å². The van der Waals surface area contributed by atoms with Gasteiger partial charge in [-0.1, -0.05) is 38.1 Å². The third-order valence-corrected chi connectivity index (χ3v) is 7.89. The molecule has 0 spiro atoms. The fraction of sp³-hybridized carbons (Fsp3) is 0.393. The number of benzene rings is 2. The van der Waals surface area contributed by atoms with E-state index in [1.54, 1.807) is 33.0 Å². The Morgan fingerprint density at radius 3 is 2.40 bits per heavy atom. The van der Waals surface area contributed by atoms with Gasteiger partial charge in [0.15, 0.2) is 0 Å². The first-order valence-corrected chi connectivity index (χ1v) is 14.9. The van der Waals surface area contributed by atoms with Crippen molar-refractivity contribution in [2.75, 3.05) is 29.9 Å². The first-order chi connectivity index (χ1) is 19.5. The van der Waals surface area contributed by atoms with E-state index in [2.05, 4.69) is 14.5 Å². The molecule has 0 bridgehead atoms. The second-order valence-corrected chi connectivity index (χ2v) is 11.7. The molecule has 218 valence electrons. The van der Waals surface area contributed by atoms with Crippen molar-refractivity contribution in [1.82, 2.24) is 19.1 Å². The van der Waals surface area contributed by atoms with Gasteiger partial charge in [0.05, 0.1) is 25.4 Å². The Labute approximate surface area is 273 Å². The number of anilines is 2. The normalized spacial score (nSPS) is 15.2. The van der Waals surface area contributed by atoms with Gasteiger partial charge >= 0.3 is 37.7 Å². The molecule has 0 aliphatic carbocycles. The molecular weight excluding hydrogens is 590 g/mol. The topological polar surface area (TPSA) is 132 Å². The summed E-state index contributed by atoms with van der Waals surface area (Å²) >= 11 is 0. The van der Waals surface area contributed by atoms with Crippen molar-refractivity contribution in [2.24, 2.45) is 5.92 Å². The zero-order valence-electron chi connectivity index (χ0n) is 23.8. The number of halogens is 1. The van der Waals surface area contributed by atoms with Crippen LogP contribution in [0, 0.1) is 11.7 Å². The Morgan fingerprint density at radius 1 is 1.10 bits per heavy atom. The van der Waals surface area contributed by atoms with Crippen molar-refractivity contribution in [3.05, 3.63) is 82.5 Å². The Bertz CT molecular complexity index is 1620. The first kappa shape index (κ1) is 32.6. The molecule has 1 aliphatic heterocycles. The summed E-state index contributed by atoms with van der Waals surface area (Å²) in [4.78, 5) is 49.2. The van der Waals surface area contributed by atoms with E-state index in [-0.39, 0.29) is 55.5 Å². The van der Waals surface area contributed by atoms with Gasteiger partial charge in [0, 0.05) is 38.4 Å². The van der Waals surface area contributed by atoms with Crippen molar-refractivity contribution in [1.29, 1.82) is 0 Å². The van der Waals surface area contributed by atoms with Crippen LogP contribution in [0.15, 0.2) is 65.6 Å². The molecule has 0 saturated carbocycles. The molecule has 11 nitrogen and oxygen atoms in total. The van der Waals surface area contributed by atoms with Crippen LogP contribution in [-0.2, 0) is 15.6 Å². The average molecular weight is 623 g/mol. The maximum Gasteiger partial charge on any atom is 2.00 e. The summed E-state index contributed by atoms with van der Waals surface area (Å²) in [5, 5.41) is 0. The minimum absolute atomic E-state index is 0. The van der Waals surface area contributed by atoms with Gasteiger partial charge in [-0.05, 0) is 48.6 Å². The number of piperidine rings is 1. The number of nitrogens with zero attached hydrogens (tertiary/aromatic N) is 6. The summed E-state index contributed by atoms with van der Waals surface area (Å²) in [7, 11) is -3.57. The molecule has 4 aromatic rings. The number of phosphoric ester groups is 1. The van der Waals surface area contributed by atoms with E-state index in [0.29, 0.717) is 32.5 Å². The van der Waals surface area contributed by atoms with Crippen molar-refractivity contribution in [2.45, 2.75) is 45.5 Å². The maximum atomic E-state index is 13.5. The van der Waals surface area contributed by atoms with Gasteiger partial charge in [-0.15, -0.1) is 0 Å². The third-order valence-electron chi connectivity index (χ3n) is 7.42. The van der Waals surface area contributed by atoms with E-state index >= 15 is 0 Å². The molecule has 1 fully saturated rings. The SMILES string of the molecule is CC(C)C(OP(=O)([O-])[O-])n1c(N(C)C2CCN(c3nc4ccccc4n3Cc3ccc(F)cc3)CC2)nccc1=O.[Ca+2]. The van der Waals surface area contributed by atoms with E-state index in [1.165, 1.54) is 24.4 Å². The van der Waals surface area contributed by atoms with Crippen LogP contribution in [0.5, 0.6) is 0 Å². The minimum Gasteiger partial charge on any atom is -0.790 e. The van der Waals surface area contributed by atoms with Gasteiger partial charge in [0.25, 0.3) is 5.56 Å². The standard InChI is InChI=1S/C28H34FN6O5P.Ca/c1-19(2)26(40-41(37,38)39)35-25(36)12-15-30-27(35)32(3)22-13-16-33(17-14-22)28-31-23-6-4-5-7-24(23)34(28)18-20-8-10-21(29)11-9-20;/h4-12,15,19,22,26H,13-14,16-18H2,1-3H3,(H2,37,38,39);/q;+2/p-2. The summed E-state index contributed by atoms with van der Waals surface area (Å²) in [6.45, 7) is 5.20. The van der Waals surface area contributed by atoms with Crippen LogP contribution in [0.1, 0.15) is 38.5 Å². The van der Waals surface area contributed by atoms with Crippen LogP contribution >= 0.6 is 7.82 Å². The molecule has 0 amide bonds. The van der Waals surface area contributed by atoms with E-state index in [9.17, 15) is 23.5 Å². The number of fused-ring (bicyclic) bond motifs is 1. The number of phosphoric acid groups is 1. The maximum absolute atomic E-state index is 13.5. The molecule has 14 heteroatoms. The van der Waals surface area contributed by atoms with Crippen LogP contribution in [0.2, 0.25) is 0 Å². The Hall–Kier alpha value is -2.31. The van der Waals surface area contributed by atoms with Gasteiger partial charge in [-0.25, -0.2) is 14.4 Å². The molecule has 1 saturated heterocycles.